The van der Waals surface area contributed by atoms with Crippen molar-refractivity contribution in [3.05, 3.63) is 0 Å². The smallest absolute Gasteiger partial charge is 0.0691 e. The third-order valence-electron chi connectivity index (χ3n) is 3.49. The quantitative estimate of drug-likeness (QED) is 0.663. The molecule has 0 saturated carbocycles. The highest BCUT2D eigenvalue weighted by atomic mass is 16.5. The minimum Gasteiger partial charge on any atom is -0.380 e. The number of nitriles is 1. The van der Waals surface area contributed by atoms with Gasteiger partial charge in [-0.2, -0.15) is 5.26 Å². The zero-order chi connectivity index (χ0) is 10.0. The van der Waals surface area contributed by atoms with Crippen molar-refractivity contribution in [2.75, 3.05) is 39.4 Å². The molecule has 1 unspecified atom stereocenters. The van der Waals surface area contributed by atoms with Crippen LogP contribution in [0.5, 0.6) is 0 Å². The summed E-state index contributed by atoms with van der Waals surface area (Å²) in [5, 5.41) is 9.11. The number of piperidine rings is 1. The highest BCUT2D eigenvalue weighted by Crippen LogP contribution is 2.42. The van der Waals surface area contributed by atoms with Crippen LogP contribution in [0.4, 0.5) is 0 Å². The molecule has 0 radical (unpaired) electrons. The maximum atomic E-state index is 9.11. The van der Waals surface area contributed by atoms with Gasteiger partial charge in [-0.3, -0.25) is 0 Å². The van der Waals surface area contributed by atoms with E-state index >= 15 is 0 Å². The van der Waals surface area contributed by atoms with Gasteiger partial charge in [0.15, 0.2) is 0 Å². The van der Waals surface area contributed by atoms with Crippen molar-refractivity contribution < 1.29 is 4.74 Å². The van der Waals surface area contributed by atoms with Gasteiger partial charge in [0.1, 0.15) is 0 Å². The van der Waals surface area contributed by atoms with Gasteiger partial charge in [0, 0.05) is 25.0 Å². The van der Waals surface area contributed by atoms with E-state index in [1.165, 1.54) is 0 Å². The van der Waals surface area contributed by atoms with Crippen LogP contribution < -0.4 is 5.73 Å². The summed E-state index contributed by atoms with van der Waals surface area (Å²) in [7, 11) is 0. The highest BCUT2D eigenvalue weighted by molar-refractivity contribution is 5.05. The molecular formula is C10H17N3O. The summed E-state index contributed by atoms with van der Waals surface area (Å²) in [4.78, 5) is 2.29. The molecule has 2 aliphatic heterocycles. The Morgan fingerprint density at radius 3 is 2.86 bits per heavy atom. The largest absolute Gasteiger partial charge is 0.380 e. The maximum absolute atomic E-state index is 9.11. The van der Waals surface area contributed by atoms with E-state index in [2.05, 4.69) is 11.0 Å². The molecule has 2 saturated heterocycles. The Hall–Kier alpha value is -0.630. The average Bonchev–Trinajstić information content (AvgIpc) is 2.16. The van der Waals surface area contributed by atoms with E-state index in [0.717, 1.165) is 39.3 Å². The number of hydrogen-bond acceptors (Lipinski definition) is 4. The molecule has 4 nitrogen and oxygen atoms in total. The number of nitrogens with zero attached hydrogens (tertiary/aromatic N) is 2. The molecule has 2 aliphatic rings. The molecule has 0 aliphatic carbocycles. The fraction of sp³-hybridized carbons (Fsp3) is 0.900. The normalized spacial score (nSPS) is 31.0. The summed E-state index contributed by atoms with van der Waals surface area (Å²) in [6.07, 6.45) is 1.09. The minimum absolute atomic E-state index is 0.136. The second-order valence-electron chi connectivity index (χ2n) is 4.38. The topological polar surface area (TPSA) is 62.3 Å². The van der Waals surface area contributed by atoms with Crippen LogP contribution in [0, 0.1) is 22.7 Å². The molecule has 78 valence electrons. The van der Waals surface area contributed by atoms with Crippen LogP contribution in [-0.2, 0) is 4.74 Å². The van der Waals surface area contributed by atoms with Crippen molar-refractivity contribution >= 4 is 0 Å². The van der Waals surface area contributed by atoms with Crippen LogP contribution >= 0.6 is 0 Å². The monoisotopic (exact) mass is 195 g/mol. The van der Waals surface area contributed by atoms with E-state index in [4.69, 9.17) is 15.7 Å². The van der Waals surface area contributed by atoms with Gasteiger partial charge >= 0.3 is 0 Å². The van der Waals surface area contributed by atoms with Crippen molar-refractivity contribution in [3.8, 4) is 6.07 Å². The van der Waals surface area contributed by atoms with Gasteiger partial charge in [-0.15, -0.1) is 0 Å². The van der Waals surface area contributed by atoms with E-state index in [-0.39, 0.29) is 11.3 Å². The number of rotatable bonds is 2. The van der Waals surface area contributed by atoms with Gasteiger partial charge in [0.25, 0.3) is 0 Å². The van der Waals surface area contributed by atoms with Crippen LogP contribution in [0.1, 0.15) is 6.42 Å². The standard InChI is InChI=1S/C10H17N3O/c11-2-4-13-3-1-10(7-14-8-10)9(5-12)6-13/h9H,1-4,6-8,11H2. The van der Waals surface area contributed by atoms with Crippen molar-refractivity contribution in [3.63, 3.8) is 0 Å². The summed E-state index contributed by atoms with van der Waals surface area (Å²) in [5.41, 5.74) is 5.69. The first kappa shape index (κ1) is 9.91. The molecule has 2 heterocycles. The van der Waals surface area contributed by atoms with E-state index in [1.54, 1.807) is 0 Å². The summed E-state index contributed by atoms with van der Waals surface area (Å²) in [5.74, 6) is 0.136. The number of likely N-dealkylation sites (tertiary alicyclic amines) is 1. The van der Waals surface area contributed by atoms with Gasteiger partial charge in [-0.1, -0.05) is 0 Å². The molecule has 0 amide bonds. The fourth-order valence-corrected chi connectivity index (χ4v) is 2.37. The van der Waals surface area contributed by atoms with Gasteiger partial charge in [-0.05, 0) is 13.0 Å². The van der Waals surface area contributed by atoms with Gasteiger partial charge in [0.2, 0.25) is 0 Å². The lowest BCUT2D eigenvalue weighted by molar-refractivity contribution is -0.158. The molecular weight excluding hydrogens is 178 g/mol. The SMILES string of the molecule is N#CC1CN(CCN)CCC12COC2. The molecule has 2 N–H and O–H groups in total. The van der Waals surface area contributed by atoms with Crippen LogP contribution in [0.2, 0.25) is 0 Å². The number of nitrogens with two attached hydrogens (primary N) is 1. The predicted octanol–water partition coefficient (Wildman–Crippen LogP) is -0.193. The lowest BCUT2D eigenvalue weighted by Gasteiger charge is -2.50. The van der Waals surface area contributed by atoms with E-state index in [9.17, 15) is 0 Å². The first-order valence-electron chi connectivity index (χ1n) is 5.20. The van der Waals surface area contributed by atoms with E-state index < -0.39 is 0 Å². The van der Waals surface area contributed by atoms with Gasteiger partial charge < -0.3 is 15.4 Å². The Bertz CT molecular complexity index is 244. The molecule has 0 bridgehead atoms. The minimum atomic E-state index is 0.136. The van der Waals surface area contributed by atoms with Gasteiger partial charge in [0.05, 0.1) is 25.2 Å². The molecule has 0 aromatic carbocycles. The zero-order valence-electron chi connectivity index (χ0n) is 8.41. The number of ether oxygens (including phenoxy) is 1. The Balaban J connectivity index is 1.97. The lowest BCUT2D eigenvalue weighted by atomic mass is 9.69. The van der Waals surface area contributed by atoms with Crippen molar-refractivity contribution in [2.24, 2.45) is 17.1 Å². The molecule has 0 aromatic rings. The molecule has 4 heteroatoms. The van der Waals surface area contributed by atoms with Crippen molar-refractivity contribution in [1.82, 2.24) is 4.90 Å². The first-order valence-corrected chi connectivity index (χ1v) is 5.20. The van der Waals surface area contributed by atoms with Crippen LogP contribution in [0.25, 0.3) is 0 Å². The second kappa shape index (κ2) is 3.85. The average molecular weight is 195 g/mol. The van der Waals surface area contributed by atoms with E-state index in [1.807, 2.05) is 0 Å². The fourth-order valence-electron chi connectivity index (χ4n) is 2.37. The van der Waals surface area contributed by atoms with Crippen molar-refractivity contribution in [1.29, 1.82) is 5.26 Å². The lowest BCUT2D eigenvalue weighted by Crippen LogP contribution is -2.57. The first-order chi connectivity index (χ1) is 6.80. The van der Waals surface area contributed by atoms with Crippen LogP contribution in [-0.4, -0.2) is 44.3 Å². The Labute approximate surface area is 84.6 Å². The number of hydrogen-bond donors (Lipinski definition) is 1. The van der Waals surface area contributed by atoms with E-state index in [0.29, 0.717) is 6.54 Å². The maximum Gasteiger partial charge on any atom is 0.0691 e. The Kier molecular flexibility index (Phi) is 2.73. The second-order valence-corrected chi connectivity index (χ2v) is 4.38. The molecule has 1 atom stereocenters. The van der Waals surface area contributed by atoms with Crippen LogP contribution in [0.3, 0.4) is 0 Å². The Morgan fingerprint density at radius 1 is 1.57 bits per heavy atom. The summed E-state index contributed by atoms with van der Waals surface area (Å²) >= 11 is 0. The van der Waals surface area contributed by atoms with Crippen LogP contribution in [0.15, 0.2) is 0 Å². The summed E-state index contributed by atoms with van der Waals surface area (Å²) in [6.45, 7) is 5.09. The van der Waals surface area contributed by atoms with Gasteiger partial charge in [-0.25, -0.2) is 0 Å². The van der Waals surface area contributed by atoms with Crippen molar-refractivity contribution in [2.45, 2.75) is 6.42 Å². The molecule has 1 spiro atoms. The zero-order valence-corrected chi connectivity index (χ0v) is 8.41. The summed E-state index contributed by atoms with van der Waals surface area (Å²) < 4.78 is 5.25. The molecule has 14 heavy (non-hydrogen) atoms. The predicted molar refractivity (Wildman–Crippen MR) is 52.5 cm³/mol. The Morgan fingerprint density at radius 2 is 2.36 bits per heavy atom. The third kappa shape index (κ3) is 1.52. The molecule has 0 aromatic heterocycles. The highest BCUT2D eigenvalue weighted by Gasteiger charge is 2.48. The molecule has 2 rings (SSSR count). The third-order valence-corrected chi connectivity index (χ3v) is 3.49. The molecule has 2 fully saturated rings. The summed E-state index contributed by atoms with van der Waals surface area (Å²) in [6, 6.07) is 2.42.